The fraction of sp³-hybridized carbons (Fsp3) is 0.923. The number of rotatable bonds is 9. The van der Waals surface area contributed by atoms with E-state index in [-0.39, 0.29) is 0 Å². The van der Waals surface area contributed by atoms with Gasteiger partial charge in [0.25, 0.3) is 0 Å². The van der Waals surface area contributed by atoms with E-state index in [0.717, 1.165) is 0 Å². The summed E-state index contributed by atoms with van der Waals surface area (Å²) >= 11 is 7.61. The zero-order valence-electron chi connectivity index (χ0n) is 11.2. The molecule has 0 N–H and O–H groups in total. The number of hydrogen-bond acceptors (Lipinski definition) is 1. The summed E-state index contributed by atoms with van der Waals surface area (Å²) in [7, 11) is 0.422. The van der Waals surface area contributed by atoms with Crippen molar-refractivity contribution in [2.24, 2.45) is 0 Å². The van der Waals surface area contributed by atoms with Gasteiger partial charge in [0, 0.05) is 4.70 Å². The van der Waals surface area contributed by atoms with Crippen LogP contribution < -0.4 is 0 Å². The van der Waals surface area contributed by atoms with Crippen LogP contribution in [0.15, 0.2) is 0 Å². The summed E-state index contributed by atoms with van der Waals surface area (Å²) in [5.41, 5.74) is 0. The van der Waals surface area contributed by atoms with Crippen LogP contribution in [0.3, 0.4) is 0 Å². The van der Waals surface area contributed by atoms with Gasteiger partial charge in [-0.1, -0.05) is 52.3 Å². The summed E-state index contributed by atoms with van der Waals surface area (Å²) in [5, 5.41) is 0. The molecule has 0 nitrogen and oxygen atoms in total. The van der Waals surface area contributed by atoms with Crippen LogP contribution in [-0.2, 0) is 0 Å². The van der Waals surface area contributed by atoms with Crippen molar-refractivity contribution in [1.82, 2.24) is 0 Å². The molecule has 0 unspecified atom stereocenters. The lowest BCUT2D eigenvalue weighted by Gasteiger charge is -2.16. The highest BCUT2D eigenvalue weighted by Crippen LogP contribution is 2.38. The Morgan fingerprint density at radius 2 is 1.12 bits per heavy atom. The van der Waals surface area contributed by atoms with E-state index in [1.165, 1.54) is 43.2 Å². The lowest BCUT2D eigenvalue weighted by Crippen LogP contribution is -1.95. The van der Waals surface area contributed by atoms with Gasteiger partial charge in [0.15, 0.2) is 0 Å². The molecule has 0 aromatic rings. The third kappa shape index (κ3) is 17.3. The largest absolute Gasteiger partial charge is 0.140 e. The van der Waals surface area contributed by atoms with Gasteiger partial charge in [-0.25, -0.2) is 0 Å². The molecule has 0 aliphatic heterocycles. The Morgan fingerprint density at radius 3 is 1.31 bits per heavy atom. The molecule has 0 spiro atoms. The molecule has 0 saturated heterocycles. The minimum Gasteiger partial charge on any atom is -0.140 e. The lowest BCUT2D eigenvalue weighted by atomic mass is 10.4. The van der Waals surface area contributed by atoms with Crippen LogP contribution >= 0.6 is 32.8 Å². The van der Waals surface area contributed by atoms with Crippen molar-refractivity contribution in [3.63, 3.8) is 0 Å². The number of hydrogen-bond donors (Lipinski definition) is 1. The molecule has 0 amide bonds. The van der Waals surface area contributed by atoms with Crippen LogP contribution in [0.25, 0.3) is 0 Å². The van der Waals surface area contributed by atoms with Crippen molar-refractivity contribution < 1.29 is 0 Å². The van der Waals surface area contributed by atoms with Gasteiger partial charge in [0.1, 0.15) is 0 Å². The fourth-order valence-electron chi connectivity index (χ4n) is 1.48. The van der Waals surface area contributed by atoms with Crippen molar-refractivity contribution in [3.05, 3.63) is 0 Å². The van der Waals surface area contributed by atoms with Crippen LogP contribution in [-0.4, -0.2) is 23.2 Å². The van der Waals surface area contributed by atoms with Gasteiger partial charge in [0.05, 0.1) is 0 Å². The summed E-state index contributed by atoms with van der Waals surface area (Å²) in [6, 6.07) is 0. The highest BCUT2D eigenvalue weighted by molar-refractivity contribution is 8.08. The van der Waals surface area contributed by atoms with E-state index >= 15 is 0 Å². The van der Waals surface area contributed by atoms with E-state index in [1.54, 1.807) is 18.5 Å². The van der Waals surface area contributed by atoms with Gasteiger partial charge in [0.2, 0.25) is 0 Å². The quantitative estimate of drug-likeness (QED) is 0.319. The van der Waals surface area contributed by atoms with E-state index in [9.17, 15) is 0 Å². The molecule has 3 heteroatoms. The van der Waals surface area contributed by atoms with Crippen molar-refractivity contribution in [3.8, 4) is 0 Å². The van der Waals surface area contributed by atoms with Gasteiger partial charge in [-0.2, -0.15) is 0 Å². The lowest BCUT2D eigenvalue weighted by molar-refractivity contribution is 0.847. The van der Waals surface area contributed by atoms with Gasteiger partial charge >= 0.3 is 0 Å². The molecular formula is C13H29PS2. The highest BCUT2D eigenvalue weighted by atomic mass is 32.1. The van der Waals surface area contributed by atoms with E-state index < -0.39 is 0 Å². The van der Waals surface area contributed by atoms with E-state index in [4.69, 9.17) is 0 Å². The first-order chi connectivity index (χ1) is 7.76. The Balaban J connectivity index is 0. The minimum atomic E-state index is 0.422. The Labute approximate surface area is 115 Å². The Bertz CT molecular complexity index is 110. The van der Waals surface area contributed by atoms with E-state index in [2.05, 4.69) is 45.6 Å². The maximum absolute atomic E-state index is 4.13. The topological polar surface area (TPSA) is 0 Å². The fourth-order valence-corrected chi connectivity index (χ4v) is 4.44. The second-order valence-corrected chi connectivity index (χ2v) is 7.53. The predicted molar refractivity (Wildman–Crippen MR) is 88.9 cm³/mol. The Kier molecular flexibility index (Phi) is 21.9. The molecule has 0 rings (SSSR count). The molecule has 98 valence electrons. The second-order valence-electron chi connectivity index (χ2n) is 4.01. The third-order valence-corrected chi connectivity index (χ3v) is 5.33. The molecule has 16 heavy (non-hydrogen) atoms. The summed E-state index contributed by atoms with van der Waals surface area (Å²) < 4.78 is 1.28. The second kappa shape index (κ2) is 18.2. The van der Waals surface area contributed by atoms with Crippen molar-refractivity contribution in [1.29, 1.82) is 0 Å². The maximum Gasteiger partial charge on any atom is 0.0310 e. The molecule has 0 aromatic carbocycles. The third-order valence-electron chi connectivity index (χ3n) is 2.48. The number of thiocarbonyl (C=S) groups is 1. The SMILES string of the molecule is CCCCP(CCCC)CCCC.S=CS. The van der Waals surface area contributed by atoms with Crippen LogP contribution in [0.5, 0.6) is 0 Å². The van der Waals surface area contributed by atoms with Crippen LogP contribution in [0.1, 0.15) is 59.3 Å². The monoisotopic (exact) mass is 280 g/mol. The molecule has 0 saturated carbocycles. The van der Waals surface area contributed by atoms with E-state index in [1.807, 2.05) is 0 Å². The summed E-state index contributed by atoms with van der Waals surface area (Å²) in [6.07, 6.45) is 13.2. The Morgan fingerprint density at radius 1 is 0.875 bits per heavy atom. The molecular weight excluding hydrogens is 251 g/mol. The van der Waals surface area contributed by atoms with Crippen LogP contribution in [0.4, 0.5) is 0 Å². The zero-order chi connectivity index (χ0) is 12.6. The zero-order valence-corrected chi connectivity index (χ0v) is 13.8. The molecule has 0 radical (unpaired) electrons. The summed E-state index contributed by atoms with van der Waals surface area (Å²) in [6.45, 7) is 6.94. The first kappa shape index (κ1) is 19.2. The molecule has 0 atom stereocenters. The summed E-state index contributed by atoms with van der Waals surface area (Å²) in [5.74, 6) is 0. The van der Waals surface area contributed by atoms with Gasteiger partial charge in [-0.3, -0.25) is 0 Å². The molecule has 0 bridgehead atoms. The molecule has 0 aliphatic carbocycles. The molecule has 0 aromatic heterocycles. The Hall–Kier alpha value is 0.870. The highest BCUT2D eigenvalue weighted by Gasteiger charge is 2.05. The van der Waals surface area contributed by atoms with Crippen molar-refractivity contribution in [2.45, 2.75) is 59.3 Å². The standard InChI is InChI=1S/C12H27P.CH2S2/c1-4-7-10-13(11-8-5-2)12-9-6-3;2-1-3/h4-12H2,1-3H3;1H,(H,2,3). The summed E-state index contributed by atoms with van der Waals surface area (Å²) in [4.78, 5) is 0. The number of thiol groups is 1. The van der Waals surface area contributed by atoms with Crippen LogP contribution in [0.2, 0.25) is 0 Å². The van der Waals surface area contributed by atoms with Gasteiger partial charge in [-0.15, -0.1) is 20.6 Å². The molecule has 0 aliphatic rings. The predicted octanol–water partition coefficient (Wildman–Crippen LogP) is 5.74. The molecule has 0 heterocycles. The van der Waals surface area contributed by atoms with Crippen molar-refractivity contribution >= 4 is 37.5 Å². The number of unbranched alkanes of at least 4 members (excludes halogenated alkanes) is 3. The average Bonchev–Trinajstić information content (AvgIpc) is 2.29. The van der Waals surface area contributed by atoms with Gasteiger partial charge < -0.3 is 0 Å². The smallest absolute Gasteiger partial charge is 0.0310 e. The first-order valence-corrected chi connectivity index (χ1v) is 9.45. The first-order valence-electron chi connectivity index (χ1n) is 6.56. The maximum atomic E-state index is 4.13. The molecule has 0 fully saturated rings. The van der Waals surface area contributed by atoms with Gasteiger partial charge in [-0.05, 0) is 37.7 Å². The van der Waals surface area contributed by atoms with Crippen molar-refractivity contribution in [2.75, 3.05) is 18.5 Å². The average molecular weight is 280 g/mol. The minimum absolute atomic E-state index is 0.422. The normalized spacial score (nSPS) is 9.81. The van der Waals surface area contributed by atoms with E-state index in [0.29, 0.717) is 7.92 Å². The van der Waals surface area contributed by atoms with Crippen LogP contribution in [0, 0.1) is 0 Å².